The zero-order valence-electron chi connectivity index (χ0n) is 20.4. The number of piperazine rings is 2. The first kappa shape index (κ1) is 26.6. The van der Waals surface area contributed by atoms with Crippen LogP contribution in [0.1, 0.15) is 49.4 Å². The van der Waals surface area contributed by atoms with Gasteiger partial charge in [-0.25, -0.2) is 0 Å². The molecule has 2 fully saturated rings. The number of hydrogen-bond donors (Lipinski definition) is 0. The Labute approximate surface area is 203 Å². The highest BCUT2D eigenvalue weighted by Gasteiger charge is 2.34. The number of likely N-dealkylation sites (N-methyl/N-ethyl adjacent to an activating group) is 1. The van der Waals surface area contributed by atoms with Crippen LogP contribution in [0.2, 0.25) is 0 Å². The average Bonchev–Trinajstić information content (AvgIpc) is 2.85. The number of unbranched alkanes of at least 4 members (excludes halogenated alkanes) is 2. The standard InChI is InChI=1S/C24H38N4O5S/c1-3-4-5-20-33-22-8-6-21(7-9-22)23(29)10-11-24(30)26-14-18-28(19-15-26)34(31,32)27-16-12-25(2)13-17-27/h6-9H,3-5,10-20H2,1-2H3. The maximum absolute atomic E-state index is 12.9. The van der Waals surface area contributed by atoms with Crippen molar-refractivity contribution >= 4 is 21.9 Å². The van der Waals surface area contributed by atoms with E-state index in [9.17, 15) is 18.0 Å². The highest BCUT2D eigenvalue weighted by molar-refractivity contribution is 7.86. The van der Waals surface area contributed by atoms with Crippen LogP contribution in [0.25, 0.3) is 0 Å². The van der Waals surface area contributed by atoms with Crippen molar-refractivity contribution in [3.8, 4) is 5.75 Å². The SMILES string of the molecule is CCCCCOc1ccc(C(=O)CCC(=O)N2CCN(S(=O)(=O)N3CCN(C)CC3)CC2)cc1. The first-order chi connectivity index (χ1) is 16.3. The van der Waals surface area contributed by atoms with Crippen molar-refractivity contribution in [3.63, 3.8) is 0 Å². The summed E-state index contributed by atoms with van der Waals surface area (Å²) in [5.41, 5.74) is 0.566. The molecule has 9 nitrogen and oxygen atoms in total. The van der Waals surface area contributed by atoms with E-state index in [1.165, 1.54) is 8.61 Å². The summed E-state index contributed by atoms with van der Waals surface area (Å²) in [5, 5.41) is 0. The Morgan fingerprint density at radius 3 is 2.03 bits per heavy atom. The lowest BCUT2D eigenvalue weighted by atomic mass is 10.1. The van der Waals surface area contributed by atoms with Crippen LogP contribution in [0.5, 0.6) is 5.75 Å². The predicted octanol–water partition coefficient (Wildman–Crippen LogP) is 1.85. The highest BCUT2D eigenvalue weighted by atomic mass is 32.2. The van der Waals surface area contributed by atoms with Crippen molar-refractivity contribution in [2.24, 2.45) is 0 Å². The molecule has 2 saturated heterocycles. The molecule has 0 saturated carbocycles. The van der Waals surface area contributed by atoms with Gasteiger partial charge < -0.3 is 14.5 Å². The van der Waals surface area contributed by atoms with E-state index in [-0.39, 0.29) is 37.6 Å². The molecule has 2 heterocycles. The van der Waals surface area contributed by atoms with Gasteiger partial charge in [-0.2, -0.15) is 17.0 Å². The third kappa shape index (κ3) is 7.24. The van der Waals surface area contributed by atoms with Gasteiger partial charge in [-0.05, 0) is 37.7 Å². The molecule has 0 aromatic heterocycles. The molecule has 1 aromatic rings. The summed E-state index contributed by atoms with van der Waals surface area (Å²) in [4.78, 5) is 28.9. The zero-order chi connectivity index (χ0) is 24.6. The summed E-state index contributed by atoms with van der Waals surface area (Å²) in [6.45, 7) is 6.51. The molecule has 1 aromatic carbocycles. The maximum atomic E-state index is 12.9. The Kier molecular flexibility index (Phi) is 9.87. The van der Waals surface area contributed by atoms with Crippen molar-refractivity contribution in [3.05, 3.63) is 29.8 Å². The van der Waals surface area contributed by atoms with Gasteiger partial charge in [0, 0.05) is 70.8 Å². The summed E-state index contributed by atoms with van der Waals surface area (Å²) in [6.07, 6.45) is 3.54. The topological polar surface area (TPSA) is 90.5 Å². The van der Waals surface area contributed by atoms with E-state index in [0.717, 1.165) is 38.1 Å². The molecule has 2 aliphatic heterocycles. The fourth-order valence-corrected chi connectivity index (χ4v) is 5.73. The van der Waals surface area contributed by atoms with Gasteiger partial charge in [0.2, 0.25) is 5.91 Å². The van der Waals surface area contributed by atoms with Crippen LogP contribution in [-0.4, -0.2) is 105 Å². The van der Waals surface area contributed by atoms with Crippen molar-refractivity contribution < 1.29 is 22.7 Å². The number of ketones is 1. The maximum Gasteiger partial charge on any atom is 0.282 e. The van der Waals surface area contributed by atoms with E-state index in [4.69, 9.17) is 4.74 Å². The zero-order valence-corrected chi connectivity index (χ0v) is 21.3. The molecule has 190 valence electrons. The quantitative estimate of drug-likeness (QED) is 0.345. The Bertz CT molecular complexity index is 906. The average molecular weight is 495 g/mol. The van der Waals surface area contributed by atoms with Crippen LogP contribution >= 0.6 is 0 Å². The minimum atomic E-state index is -3.49. The van der Waals surface area contributed by atoms with Gasteiger partial charge >= 0.3 is 0 Å². The second-order valence-corrected chi connectivity index (χ2v) is 10.9. The number of ether oxygens (including phenoxy) is 1. The molecule has 2 aliphatic rings. The first-order valence-electron chi connectivity index (χ1n) is 12.3. The number of carbonyl (C=O) groups excluding carboxylic acids is 2. The number of benzene rings is 1. The molecule has 0 radical (unpaired) electrons. The van der Waals surface area contributed by atoms with Crippen molar-refractivity contribution in [1.82, 2.24) is 18.4 Å². The third-order valence-corrected chi connectivity index (χ3v) is 8.50. The largest absolute Gasteiger partial charge is 0.494 e. The molecule has 0 atom stereocenters. The molecule has 0 bridgehead atoms. The van der Waals surface area contributed by atoms with E-state index in [2.05, 4.69) is 11.8 Å². The van der Waals surface area contributed by atoms with Gasteiger partial charge in [0.1, 0.15) is 5.75 Å². The molecule has 3 rings (SSSR count). The van der Waals surface area contributed by atoms with Crippen LogP contribution in [-0.2, 0) is 15.0 Å². The Hall–Kier alpha value is -2.01. The Balaban J connectivity index is 1.40. The van der Waals surface area contributed by atoms with Gasteiger partial charge in [0.15, 0.2) is 5.78 Å². The van der Waals surface area contributed by atoms with Crippen molar-refractivity contribution in [1.29, 1.82) is 0 Å². The third-order valence-electron chi connectivity index (χ3n) is 6.47. The predicted molar refractivity (Wildman–Crippen MR) is 131 cm³/mol. The van der Waals surface area contributed by atoms with E-state index in [1.807, 2.05) is 7.05 Å². The fraction of sp³-hybridized carbons (Fsp3) is 0.667. The lowest BCUT2D eigenvalue weighted by Crippen LogP contribution is -2.57. The molecule has 0 N–H and O–H groups in total. The summed E-state index contributed by atoms with van der Waals surface area (Å²) in [6, 6.07) is 7.07. The number of amides is 1. The summed E-state index contributed by atoms with van der Waals surface area (Å²) < 4.78 is 34.4. The molecule has 34 heavy (non-hydrogen) atoms. The summed E-state index contributed by atoms with van der Waals surface area (Å²) in [5.74, 6) is 0.552. The summed E-state index contributed by atoms with van der Waals surface area (Å²) in [7, 11) is -1.51. The second-order valence-electron chi connectivity index (χ2n) is 8.99. The smallest absolute Gasteiger partial charge is 0.282 e. The molecule has 10 heteroatoms. The normalized spacial score (nSPS) is 18.7. The van der Waals surface area contributed by atoms with E-state index < -0.39 is 10.2 Å². The first-order valence-corrected chi connectivity index (χ1v) is 13.7. The van der Waals surface area contributed by atoms with Crippen LogP contribution < -0.4 is 4.74 Å². The van der Waals surface area contributed by atoms with E-state index in [1.54, 1.807) is 29.2 Å². The number of rotatable bonds is 11. The van der Waals surface area contributed by atoms with Crippen molar-refractivity contribution in [2.45, 2.75) is 39.0 Å². The number of nitrogens with zero attached hydrogens (tertiary/aromatic N) is 4. The fourth-order valence-electron chi connectivity index (χ4n) is 4.15. The van der Waals surface area contributed by atoms with Crippen molar-refractivity contribution in [2.75, 3.05) is 66.0 Å². The lowest BCUT2D eigenvalue weighted by molar-refractivity contribution is -0.132. The number of hydrogen-bond acceptors (Lipinski definition) is 6. The van der Waals surface area contributed by atoms with Crippen LogP contribution in [0, 0.1) is 0 Å². The number of Topliss-reactive ketones (excluding diaryl/α,β-unsaturated/α-hetero) is 1. The molecule has 1 amide bonds. The second kappa shape index (κ2) is 12.6. The number of carbonyl (C=O) groups is 2. The van der Waals surface area contributed by atoms with E-state index in [0.29, 0.717) is 38.3 Å². The Morgan fingerprint density at radius 2 is 1.44 bits per heavy atom. The monoisotopic (exact) mass is 494 g/mol. The van der Waals surface area contributed by atoms with Crippen LogP contribution in [0.4, 0.5) is 0 Å². The van der Waals surface area contributed by atoms with Gasteiger partial charge in [-0.15, -0.1) is 0 Å². The summed E-state index contributed by atoms with van der Waals surface area (Å²) >= 11 is 0. The van der Waals surface area contributed by atoms with Crippen LogP contribution in [0.15, 0.2) is 24.3 Å². The molecular formula is C24H38N4O5S. The van der Waals surface area contributed by atoms with Gasteiger partial charge in [-0.1, -0.05) is 19.8 Å². The Morgan fingerprint density at radius 1 is 0.853 bits per heavy atom. The lowest BCUT2D eigenvalue weighted by Gasteiger charge is -2.39. The molecule has 0 spiro atoms. The molecular weight excluding hydrogens is 456 g/mol. The minimum Gasteiger partial charge on any atom is -0.494 e. The van der Waals surface area contributed by atoms with Crippen LogP contribution in [0.3, 0.4) is 0 Å². The molecule has 0 unspecified atom stereocenters. The highest BCUT2D eigenvalue weighted by Crippen LogP contribution is 2.17. The minimum absolute atomic E-state index is 0.0813. The van der Waals surface area contributed by atoms with Gasteiger partial charge in [-0.3, -0.25) is 9.59 Å². The van der Waals surface area contributed by atoms with Gasteiger partial charge in [0.25, 0.3) is 10.2 Å². The van der Waals surface area contributed by atoms with Gasteiger partial charge in [0.05, 0.1) is 6.61 Å². The van der Waals surface area contributed by atoms with E-state index >= 15 is 0 Å². The molecule has 0 aliphatic carbocycles.